The van der Waals surface area contributed by atoms with Gasteiger partial charge in [-0.2, -0.15) is 0 Å². The molecule has 0 radical (unpaired) electrons. The van der Waals surface area contributed by atoms with Crippen molar-refractivity contribution in [3.05, 3.63) is 0 Å². The maximum Gasteiger partial charge on any atom is 2.00 e. The summed E-state index contributed by atoms with van der Waals surface area (Å²) in [6.07, 6.45) is 0.924. The van der Waals surface area contributed by atoms with Crippen LogP contribution >= 0.6 is 7.81 Å². The van der Waals surface area contributed by atoms with Gasteiger partial charge in [-0.05, 0) is 27.9 Å². The van der Waals surface area contributed by atoms with Crippen LogP contribution in [0.15, 0.2) is 9.98 Å². The van der Waals surface area contributed by atoms with Gasteiger partial charge in [-0.25, -0.2) is 0 Å². The van der Waals surface area contributed by atoms with E-state index in [1.54, 1.807) is 0 Å². The first-order valence-electron chi connectivity index (χ1n) is 7.46. The Labute approximate surface area is 154 Å². The zero-order valence-electron chi connectivity index (χ0n) is 14.8. The van der Waals surface area contributed by atoms with Crippen LogP contribution in [-0.2, 0) is 16.5 Å². The van der Waals surface area contributed by atoms with E-state index in [2.05, 4.69) is 47.7 Å². The molecule has 0 saturated carbocycles. The van der Waals surface area contributed by atoms with Crippen molar-refractivity contribution in [2.45, 2.75) is 20.3 Å². The quantitative estimate of drug-likeness (QED) is 0.313. The molecule has 0 aromatic heterocycles. The molecule has 1 aliphatic heterocycles. The zero-order valence-corrected chi connectivity index (χ0v) is 16.7. The molecule has 0 atom stereocenters. The van der Waals surface area contributed by atoms with Gasteiger partial charge in [-0.15, -0.1) is 0 Å². The van der Waals surface area contributed by atoms with E-state index in [-0.39, 0.29) is 16.5 Å². The number of likely N-dealkylation sites (N-methyl/N-ethyl adjacent to an activating group) is 2. The summed E-state index contributed by atoms with van der Waals surface area (Å²) in [7, 11) is -6.32. The van der Waals surface area contributed by atoms with Gasteiger partial charge in [0.05, 0.1) is 13.1 Å². The van der Waals surface area contributed by atoms with Crippen LogP contribution in [0.5, 0.6) is 0 Å². The fourth-order valence-electron chi connectivity index (χ4n) is 1.87. The Bertz CT molecular complexity index is 426. The van der Waals surface area contributed by atoms with Gasteiger partial charge in [0.25, 0.3) is 0 Å². The van der Waals surface area contributed by atoms with Gasteiger partial charge in [0.1, 0.15) is 0 Å². The molecule has 154 valence electrons. The number of halogens is 6. The first-order valence-corrected chi connectivity index (χ1v) is 9.49. The van der Waals surface area contributed by atoms with Crippen molar-refractivity contribution in [3.63, 3.8) is 0 Å². The Morgan fingerprint density at radius 3 is 1.28 bits per heavy atom. The van der Waals surface area contributed by atoms with Gasteiger partial charge in [0, 0.05) is 44.0 Å². The molecule has 25 heavy (non-hydrogen) atoms. The fourth-order valence-corrected chi connectivity index (χ4v) is 1.87. The van der Waals surface area contributed by atoms with Crippen LogP contribution in [0, 0.1) is 0 Å². The Morgan fingerprint density at radius 1 is 0.720 bits per heavy atom. The van der Waals surface area contributed by atoms with Crippen molar-refractivity contribution in [1.29, 1.82) is 0 Å². The smallest absolute Gasteiger partial charge is 2.00 e. The molecule has 0 spiro atoms. The van der Waals surface area contributed by atoms with E-state index in [4.69, 9.17) is 0 Å². The largest absolute Gasteiger partial charge is 2.00 e. The maximum absolute atomic E-state index is 10.7. The van der Waals surface area contributed by atoms with Crippen molar-refractivity contribution in [1.82, 2.24) is 9.80 Å². The molecule has 0 unspecified atom stereocenters. The standard InChI is InChI=1S/C13H26N4.F6P.Ni/c1-12-11-13(2)15-6-8-17(4)10-9-16(3)7-5-14-12;1-7(2,3,4,5)6;/h5-11H2,1-4H3;;/q;-1;+2. The van der Waals surface area contributed by atoms with Crippen LogP contribution in [0.2, 0.25) is 0 Å². The molecule has 1 aliphatic rings. The Morgan fingerprint density at radius 2 is 1.00 bits per heavy atom. The normalized spacial score (nSPS) is 22.2. The topological polar surface area (TPSA) is 31.2 Å². The van der Waals surface area contributed by atoms with E-state index >= 15 is 0 Å². The number of hydrogen-bond acceptors (Lipinski definition) is 4. The molecule has 4 nitrogen and oxygen atoms in total. The summed E-state index contributed by atoms with van der Waals surface area (Å²) in [5.74, 6) is 0. The predicted molar refractivity (Wildman–Crippen MR) is 89.1 cm³/mol. The van der Waals surface area contributed by atoms with Crippen molar-refractivity contribution in [3.8, 4) is 0 Å². The van der Waals surface area contributed by atoms with Crippen LogP contribution in [0.4, 0.5) is 25.2 Å². The van der Waals surface area contributed by atoms with Crippen LogP contribution in [0.25, 0.3) is 0 Å². The van der Waals surface area contributed by atoms with Crippen molar-refractivity contribution in [2.75, 3.05) is 53.4 Å². The fraction of sp³-hybridized carbons (Fsp3) is 0.846. The number of nitrogens with zero attached hydrogens (tertiary/aromatic N) is 4. The molecule has 1 rings (SSSR count). The number of aliphatic imine (C=N–C) groups is 2. The second-order valence-corrected chi connectivity index (χ2v) is 7.89. The third-order valence-electron chi connectivity index (χ3n) is 3.10. The molecule has 0 fully saturated rings. The van der Waals surface area contributed by atoms with Gasteiger partial charge in [-0.3, -0.25) is 9.98 Å². The SMILES string of the molecule is CC1=NCCN(C)CCN(C)CCN=C(C)C1.F[P-](F)(F)(F)(F)F.[Ni+2]. The summed E-state index contributed by atoms with van der Waals surface area (Å²) < 4.78 is 59.2. The van der Waals surface area contributed by atoms with E-state index < -0.39 is 7.81 Å². The molecule has 0 saturated heterocycles. The third kappa shape index (κ3) is 26.1. The first-order chi connectivity index (χ1) is 10.5. The summed E-state index contributed by atoms with van der Waals surface area (Å²) in [5.41, 5.74) is 2.40. The van der Waals surface area contributed by atoms with Crippen molar-refractivity contribution in [2.24, 2.45) is 9.98 Å². The minimum absolute atomic E-state index is 0. The van der Waals surface area contributed by atoms with Gasteiger partial charge in [0.2, 0.25) is 0 Å². The van der Waals surface area contributed by atoms with Crippen LogP contribution in [0.1, 0.15) is 20.3 Å². The van der Waals surface area contributed by atoms with E-state index in [9.17, 15) is 25.2 Å². The van der Waals surface area contributed by atoms with Gasteiger partial charge in [-0.1, -0.05) is 0 Å². The minimum Gasteiger partial charge on any atom is 2.00 e. The third-order valence-corrected chi connectivity index (χ3v) is 3.10. The van der Waals surface area contributed by atoms with E-state index in [1.165, 1.54) is 11.4 Å². The minimum atomic E-state index is -10.7. The number of rotatable bonds is 0. The van der Waals surface area contributed by atoms with Gasteiger partial charge >= 0.3 is 49.5 Å². The zero-order chi connectivity index (χ0) is 19.1. The van der Waals surface area contributed by atoms with Crippen molar-refractivity contribution >= 4 is 19.2 Å². The summed E-state index contributed by atoms with van der Waals surface area (Å²) >= 11 is 0. The molecular weight excluding hydrogens is 416 g/mol. The molecule has 0 aliphatic carbocycles. The molecule has 0 amide bonds. The second kappa shape index (κ2) is 9.63. The van der Waals surface area contributed by atoms with Gasteiger partial charge in [0.15, 0.2) is 0 Å². The monoisotopic (exact) mass is 441 g/mol. The molecular formula is C13H26F6N4NiP+. The molecule has 0 bridgehead atoms. The average Bonchev–Trinajstić information content (AvgIpc) is 2.32. The number of hydrogen-bond donors (Lipinski definition) is 0. The first kappa shape index (κ1) is 27.0. The Hall–Kier alpha value is -0.236. The van der Waals surface area contributed by atoms with Gasteiger partial charge < -0.3 is 9.80 Å². The summed E-state index contributed by atoms with van der Waals surface area (Å²) in [4.78, 5) is 13.9. The molecule has 12 heteroatoms. The molecule has 0 aromatic carbocycles. The summed E-state index contributed by atoms with van der Waals surface area (Å²) in [6.45, 7) is 10.3. The predicted octanol–water partition coefficient (Wildman–Crippen LogP) is 4.56. The van der Waals surface area contributed by atoms with Crippen LogP contribution in [0.3, 0.4) is 0 Å². The summed E-state index contributed by atoms with van der Waals surface area (Å²) in [5, 5.41) is 0. The van der Waals surface area contributed by atoms with Crippen LogP contribution in [-0.4, -0.2) is 74.6 Å². The van der Waals surface area contributed by atoms with E-state index in [0.29, 0.717) is 0 Å². The van der Waals surface area contributed by atoms with E-state index in [1.807, 2.05) is 0 Å². The summed E-state index contributed by atoms with van der Waals surface area (Å²) in [6, 6.07) is 0. The molecule has 0 aromatic rings. The Balaban J connectivity index is 0. The molecule has 0 N–H and O–H groups in total. The van der Waals surface area contributed by atoms with Crippen molar-refractivity contribution < 1.29 is 41.7 Å². The maximum atomic E-state index is 9.87. The molecule has 1 heterocycles. The van der Waals surface area contributed by atoms with Crippen LogP contribution < -0.4 is 0 Å². The average molecular weight is 442 g/mol. The second-order valence-electron chi connectivity index (χ2n) is 5.98. The Kier molecular flexibility index (Phi) is 10.4. The van der Waals surface area contributed by atoms with E-state index in [0.717, 1.165) is 45.7 Å².